The van der Waals surface area contributed by atoms with E-state index in [1.807, 2.05) is 18.4 Å². The van der Waals surface area contributed by atoms with Crippen molar-refractivity contribution in [3.63, 3.8) is 0 Å². The van der Waals surface area contributed by atoms with Crippen molar-refractivity contribution in [2.75, 3.05) is 6.26 Å². The molecule has 0 spiro atoms. The molecule has 1 amide bonds. The zero-order chi connectivity index (χ0) is 16.9. The fourth-order valence-electron chi connectivity index (χ4n) is 2.12. The Labute approximate surface area is 141 Å². The number of nitrogens with zero attached hydrogens (tertiary/aromatic N) is 2. The van der Waals surface area contributed by atoms with Crippen LogP contribution in [0.25, 0.3) is 11.4 Å². The lowest BCUT2D eigenvalue weighted by Gasteiger charge is -2.06. The Morgan fingerprint density at radius 1 is 1.29 bits per heavy atom. The quantitative estimate of drug-likeness (QED) is 0.689. The van der Waals surface area contributed by atoms with Crippen molar-refractivity contribution in [1.29, 1.82) is 0 Å². The SMILES string of the molecule is CSc1ccccc1C(=O)NCc1nc(-c2ccc[nH]c2=O)no1. The van der Waals surface area contributed by atoms with E-state index in [1.54, 1.807) is 24.3 Å². The maximum absolute atomic E-state index is 12.3. The zero-order valence-electron chi connectivity index (χ0n) is 12.8. The van der Waals surface area contributed by atoms with Gasteiger partial charge in [0, 0.05) is 11.1 Å². The van der Waals surface area contributed by atoms with Crippen molar-refractivity contribution in [2.45, 2.75) is 11.4 Å². The summed E-state index contributed by atoms with van der Waals surface area (Å²) in [6.45, 7) is 0.0826. The van der Waals surface area contributed by atoms with Crippen molar-refractivity contribution in [1.82, 2.24) is 20.4 Å². The average Bonchev–Trinajstić information content (AvgIpc) is 3.08. The van der Waals surface area contributed by atoms with E-state index >= 15 is 0 Å². The summed E-state index contributed by atoms with van der Waals surface area (Å²) in [7, 11) is 0. The molecule has 2 heterocycles. The highest BCUT2D eigenvalue weighted by Gasteiger charge is 2.14. The normalized spacial score (nSPS) is 10.5. The zero-order valence-corrected chi connectivity index (χ0v) is 13.6. The number of nitrogens with one attached hydrogen (secondary N) is 2. The van der Waals surface area contributed by atoms with Crippen molar-refractivity contribution in [3.8, 4) is 11.4 Å². The number of hydrogen-bond acceptors (Lipinski definition) is 6. The molecular formula is C16H14N4O3S. The predicted octanol–water partition coefficient (Wildman–Crippen LogP) is 2.08. The fraction of sp³-hybridized carbons (Fsp3) is 0.125. The van der Waals surface area contributed by atoms with E-state index in [9.17, 15) is 9.59 Å². The number of pyridine rings is 1. The number of carbonyl (C=O) groups excluding carboxylic acids is 1. The van der Waals surface area contributed by atoms with E-state index in [0.29, 0.717) is 11.1 Å². The van der Waals surface area contributed by atoms with Crippen molar-refractivity contribution < 1.29 is 9.32 Å². The molecule has 0 bridgehead atoms. The van der Waals surface area contributed by atoms with Crippen LogP contribution < -0.4 is 10.9 Å². The molecule has 2 N–H and O–H groups in total. The largest absolute Gasteiger partial charge is 0.343 e. The highest BCUT2D eigenvalue weighted by molar-refractivity contribution is 7.98. The Bertz CT molecular complexity index is 919. The van der Waals surface area contributed by atoms with Crippen molar-refractivity contribution in [3.05, 3.63) is 64.4 Å². The highest BCUT2D eigenvalue weighted by Crippen LogP contribution is 2.19. The van der Waals surface area contributed by atoms with Crippen molar-refractivity contribution >= 4 is 17.7 Å². The lowest BCUT2D eigenvalue weighted by atomic mass is 10.2. The number of thioether (sulfide) groups is 1. The molecule has 0 aliphatic rings. The number of carbonyl (C=O) groups is 1. The van der Waals surface area contributed by atoms with Crippen LogP contribution in [-0.2, 0) is 6.54 Å². The minimum absolute atomic E-state index is 0.0826. The molecule has 8 heteroatoms. The van der Waals surface area contributed by atoms with Gasteiger partial charge in [-0.1, -0.05) is 17.3 Å². The molecule has 0 atom stereocenters. The Morgan fingerprint density at radius 3 is 2.92 bits per heavy atom. The van der Waals surface area contributed by atoms with Gasteiger partial charge in [-0.05, 0) is 30.5 Å². The van der Waals surface area contributed by atoms with Gasteiger partial charge in [0.1, 0.15) is 0 Å². The third-order valence-electron chi connectivity index (χ3n) is 3.28. The summed E-state index contributed by atoms with van der Waals surface area (Å²) in [4.78, 5) is 31.5. The van der Waals surface area contributed by atoms with Crippen LogP contribution in [0.4, 0.5) is 0 Å². The van der Waals surface area contributed by atoms with Gasteiger partial charge in [-0.15, -0.1) is 11.8 Å². The van der Waals surface area contributed by atoms with E-state index < -0.39 is 0 Å². The number of amides is 1. The summed E-state index contributed by atoms with van der Waals surface area (Å²) >= 11 is 1.50. The van der Waals surface area contributed by atoms with Crippen LogP contribution in [0.3, 0.4) is 0 Å². The first kappa shape index (κ1) is 16.0. The number of aromatic amines is 1. The second-order valence-electron chi connectivity index (χ2n) is 4.81. The number of hydrogen-bond donors (Lipinski definition) is 2. The molecule has 0 unspecified atom stereocenters. The summed E-state index contributed by atoms with van der Waals surface area (Å²) in [6.07, 6.45) is 3.43. The van der Waals surface area contributed by atoms with Gasteiger partial charge in [-0.3, -0.25) is 9.59 Å². The fourth-order valence-corrected chi connectivity index (χ4v) is 2.71. The third-order valence-corrected chi connectivity index (χ3v) is 4.07. The summed E-state index contributed by atoms with van der Waals surface area (Å²) in [6, 6.07) is 10.6. The molecule has 0 fully saturated rings. The number of rotatable bonds is 5. The van der Waals surface area contributed by atoms with Crippen LogP contribution in [0.2, 0.25) is 0 Å². The van der Waals surface area contributed by atoms with Gasteiger partial charge in [-0.25, -0.2) is 0 Å². The maximum Gasteiger partial charge on any atom is 0.259 e. The summed E-state index contributed by atoms with van der Waals surface area (Å²) < 4.78 is 5.08. The monoisotopic (exact) mass is 342 g/mol. The van der Waals surface area contributed by atoms with E-state index in [2.05, 4.69) is 20.4 Å². The molecule has 2 aromatic heterocycles. The third kappa shape index (κ3) is 3.38. The first-order chi connectivity index (χ1) is 11.7. The van der Waals surface area contributed by atoms with E-state index in [4.69, 9.17) is 4.52 Å². The molecule has 1 aromatic carbocycles. The second-order valence-corrected chi connectivity index (χ2v) is 5.66. The van der Waals surface area contributed by atoms with Gasteiger partial charge in [0.25, 0.3) is 11.5 Å². The molecule has 0 aliphatic carbocycles. The predicted molar refractivity (Wildman–Crippen MR) is 89.7 cm³/mol. The van der Waals surface area contributed by atoms with Gasteiger partial charge in [-0.2, -0.15) is 4.98 Å². The second kappa shape index (κ2) is 7.14. The van der Waals surface area contributed by atoms with Crippen LogP contribution in [-0.4, -0.2) is 27.3 Å². The molecule has 0 saturated carbocycles. The minimum Gasteiger partial charge on any atom is -0.343 e. The van der Waals surface area contributed by atoms with E-state index in [0.717, 1.165) is 4.90 Å². The minimum atomic E-state index is -0.303. The van der Waals surface area contributed by atoms with Gasteiger partial charge < -0.3 is 14.8 Å². The summed E-state index contributed by atoms with van der Waals surface area (Å²) in [5, 5.41) is 6.51. The molecule has 3 rings (SSSR count). The molecule has 24 heavy (non-hydrogen) atoms. The molecule has 0 saturated heterocycles. The van der Waals surface area contributed by atoms with Crippen LogP contribution in [0.1, 0.15) is 16.2 Å². The first-order valence-corrected chi connectivity index (χ1v) is 8.33. The standard InChI is InChI=1S/C16H14N4O3S/c1-24-12-7-3-2-5-10(12)15(21)18-9-13-19-14(20-23-13)11-6-4-8-17-16(11)22/h2-8H,9H2,1H3,(H,17,22)(H,18,21). The van der Waals surface area contributed by atoms with Crippen LogP contribution in [0.5, 0.6) is 0 Å². The average molecular weight is 342 g/mol. The summed E-state index contributed by atoms with van der Waals surface area (Å²) in [5.41, 5.74) is 0.596. The lowest BCUT2D eigenvalue weighted by molar-refractivity contribution is 0.0943. The Hall–Kier alpha value is -2.87. The lowest BCUT2D eigenvalue weighted by Crippen LogP contribution is -2.23. The molecule has 7 nitrogen and oxygen atoms in total. The number of H-pyrrole nitrogens is 1. The van der Waals surface area contributed by atoms with E-state index in [1.165, 1.54) is 18.0 Å². The highest BCUT2D eigenvalue weighted by atomic mass is 32.2. The smallest absolute Gasteiger partial charge is 0.259 e. The maximum atomic E-state index is 12.3. The molecule has 0 radical (unpaired) electrons. The number of benzene rings is 1. The topological polar surface area (TPSA) is 101 Å². The molecular weight excluding hydrogens is 328 g/mol. The first-order valence-electron chi connectivity index (χ1n) is 7.11. The molecule has 0 aliphatic heterocycles. The Morgan fingerprint density at radius 2 is 2.12 bits per heavy atom. The van der Waals surface area contributed by atoms with Gasteiger partial charge in [0.2, 0.25) is 11.7 Å². The number of aromatic nitrogens is 3. The van der Waals surface area contributed by atoms with Gasteiger partial charge in [0.05, 0.1) is 17.7 Å². The van der Waals surface area contributed by atoms with Crippen LogP contribution >= 0.6 is 11.8 Å². The van der Waals surface area contributed by atoms with E-state index in [-0.39, 0.29) is 29.7 Å². The van der Waals surface area contributed by atoms with Gasteiger partial charge in [0.15, 0.2) is 0 Å². The Balaban J connectivity index is 1.71. The van der Waals surface area contributed by atoms with Crippen LogP contribution in [0, 0.1) is 0 Å². The van der Waals surface area contributed by atoms with Crippen molar-refractivity contribution in [2.24, 2.45) is 0 Å². The molecule has 3 aromatic rings. The van der Waals surface area contributed by atoms with Crippen LogP contribution in [0.15, 0.2) is 56.8 Å². The summed E-state index contributed by atoms with van der Waals surface area (Å²) in [5.74, 6) is 0.186. The van der Waals surface area contributed by atoms with Gasteiger partial charge >= 0.3 is 0 Å². The Kier molecular flexibility index (Phi) is 4.76. The molecule has 122 valence electrons.